The van der Waals surface area contributed by atoms with Crippen LogP contribution >= 0.6 is 11.6 Å². The van der Waals surface area contributed by atoms with Gasteiger partial charge in [0.25, 0.3) is 0 Å². The average Bonchev–Trinajstić information content (AvgIpc) is 2.29. The lowest BCUT2D eigenvalue weighted by Gasteiger charge is -2.06. The molecule has 0 atom stereocenters. The molecule has 0 aliphatic rings. The maximum Gasteiger partial charge on any atom is 0.0435 e. The molecule has 1 heteroatoms. The molecular weight excluding hydrogens is 216 g/mol. The van der Waals surface area contributed by atoms with E-state index in [0.717, 1.165) is 29.0 Å². The van der Waals surface area contributed by atoms with E-state index in [2.05, 4.69) is 32.6 Å². The molecule has 0 saturated carbocycles. The molecule has 0 spiro atoms. The van der Waals surface area contributed by atoms with E-state index < -0.39 is 0 Å². The molecule has 1 aromatic carbocycles. The van der Waals surface area contributed by atoms with Gasteiger partial charge in [-0.25, -0.2) is 0 Å². The van der Waals surface area contributed by atoms with Crippen LogP contribution in [0, 0.1) is 6.92 Å². The van der Waals surface area contributed by atoms with Crippen LogP contribution in [0.15, 0.2) is 36.4 Å². The SMILES string of the molecule is C=C(C/C=C(\C)CC)c1ccc(Cl)c(C)c1. The molecule has 0 unspecified atom stereocenters. The molecule has 0 amide bonds. The Hall–Kier alpha value is -1.01. The third-order valence-electron chi connectivity index (χ3n) is 2.82. The van der Waals surface area contributed by atoms with Crippen LogP contribution in [0.2, 0.25) is 5.02 Å². The Morgan fingerprint density at radius 2 is 2.12 bits per heavy atom. The summed E-state index contributed by atoms with van der Waals surface area (Å²) in [5.41, 5.74) is 4.85. The van der Waals surface area contributed by atoms with Gasteiger partial charge in [0.05, 0.1) is 0 Å². The van der Waals surface area contributed by atoms with Crippen molar-refractivity contribution in [2.75, 3.05) is 0 Å². The quantitative estimate of drug-likeness (QED) is 0.612. The molecular formula is C15H19Cl. The molecule has 0 nitrogen and oxygen atoms in total. The van der Waals surface area contributed by atoms with Crippen molar-refractivity contribution < 1.29 is 0 Å². The number of hydrogen-bond donors (Lipinski definition) is 0. The molecule has 0 aliphatic heterocycles. The van der Waals surface area contributed by atoms with Crippen molar-refractivity contribution in [1.29, 1.82) is 0 Å². The van der Waals surface area contributed by atoms with Crippen LogP contribution in [0.4, 0.5) is 0 Å². The van der Waals surface area contributed by atoms with E-state index in [0.29, 0.717) is 0 Å². The van der Waals surface area contributed by atoms with Crippen LogP contribution in [0.5, 0.6) is 0 Å². The first kappa shape index (κ1) is 13.1. The maximum atomic E-state index is 5.99. The van der Waals surface area contributed by atoms with Gasteiger partial charge in [0, 0.05) is 5.02 Å². The summed E-state index contributed by atoms with van der Waals surface area (Å²) in [6.07, 6.45) is 4.26. The van der Waals surface area contributed by atoms with Crippen LogP contribution in [0.1, 0.15) is 37.8 Å². The molecule has 1 rings (SSSR count). The molecule has 16 heavy (non-hydrogen) atoms. The molecule has 1 aromatic rings. The van der Waals surface area contributed by atoms with Crippen molar-refractivity contribution in [3.05, 3.63) is 52.6 Å². The van der Waals surface area contributed by atoms with E-state index in [1.54, 1.807) is 0 Å². The summed E-state index contributed by atoms with van der Waals surface area (Å²) < 4.78 is 0. The fraction of sp³-hybridized carbons (Fsp3) is 0.333. The van der Waals surface area contributed by atoms with E-state index in [1.807, 2.05) is 19.1 Å². The molecule has 0 saturated heterocycles. The summed E-state index contributed by atoms with van der Waals surface area (Å²) in [5.74, 6) is 0. The van der Waals surface area contributed by atoms with Gasteiger partial charge >= 0.3 is 0 Å². The van der Waals surface area contributed by atoms with E-state index in [-0.39, 0.29) is 0 Å². The fourth-order valence-corrected chi connectivity index (χ4v) is 1.54. The number of aryl methyl sites for hydroxylation is 1. The third kappa shape index (κ3) is 3.53. The molecule has 0 aliphatic carbocycles. The van der Waals surface area contributed by atoms with Gasteiger partial charge in [0.2, 0.25) is 0 Å². The van der Waals surface area contributed by atoms with Crippen molar-refractivity contribution >= 4 is 17.2 Å². The molecule has 0 aromatic heterocycles. The molecule has 0 heterocycles. The molecule has 0 bridgehead atoms. The van der Waals surface area contributed by atoms with Gasteiger partial charge in [-0.3, -0.25) is 0 Å². The highest BCUT2D eigenvalue weighted by Gasteiger charge is 2.00. The van der Waals surface area contributed by atoms with Gasteiger partial charge < -0.3 is 0 Å². The largest absolute Gasteiger partial charge is 0.0949 e. The first-order valence-corrected chi connectivity index (χ1v) is 6.02. The Labute approximate surface area is 104 Å². The second-order valence-electron chi connectivity index (χ2n) is 4.18. The fourth-order valence-electron chi connectivity index (χ4n) is 1.42. The van der Waals surface area contributed by atoms with Crippen molar-refractivity contribution in [3.63, 3.8) is 0 Å². The summed E-state index contributed by atoms with van der Waals surface area (Å²) in [7, 11) is 0. The average molecular weight is 235 g/mol. The summed E-state index contributed by atoms with van der Waals surface area (Å²) in [4.78, 5) is 0. The zero-order valence-electron chi connectivity index (χ0n) is 10.3. The zero-order chi connectivity index (χ0) is 12.1. The second-order valence-corrected chi connectivity index (χ2v) is 4.58. The highest BCUT2D eigenvalue weighted by atomic mass is 35.5. The molecule has 0 fully saturated rings. The van der Waals surface area contributed by atoms with Gasteiger partial charge in [-0.1, -0.05) is 48.9 Å². The number of benzene rings is 1. The lowest BCUT2D eigenvalue weighted by atomic mass is 10.0. The predicted octanol–water partition coefficient (Wildman–Crippen LogP) is 5.41. The first-order chi connectivity index (χ1) is 7.54. The number of rotatable bonds is 4. The van der Waals surface area contributed by atoms with Crippen molar-refractivity contribution in [3.8, 4) is 0 Å². The Kier molecular flexibility index (Phi) is 4.82. The maximum absolute atomic E-state index is 5.99. The molecule has 0 radical (unpaired) electrons. The predicted molar refractivity (Wildman–Crippen MR) is 73.9 cm³/mol. The Morgan fingerprint density at radius 3 is 2.69 bits per heavy atom. The summed E-state index contributed by atoms with van der Waals surface area (Å²) in [5, 5.41) is 0.817. The lowest BCUT2D eigenvalue weighted by molar-refractivity contribution is 1.08. The van der Waals surface area contributed by atoms with Gasteiger partial charge in [-0.2, -0.15) is 0 Å². The summed E-state index contributed by atoms with van der Waals surface area (Å²) in [6, 6.07) is 6.07. The topological polar surface area (TPSA) is 0 Å². The zero-order valence-corrected chi connectivity index (χ0v) is 11.1. The van der Waals surface area contributed by atoms with Gasteiger partial charge in [-0.05, 0) is 49.5 Å². The summed E-state index contributed by atoms with van der Waals surface area (Å²) in [6.45, 7) is 10.5. The van der Waals surface area contributed by atoms with E-state index in [4.69, 9.17) is 11.6 Å². The standard InChI is InChI=1S/C15H19Cl/c1-5-11(2)6-7-12(3)14-8-9-15(16)13(4)10-14/h6,8-10H,3,5,7H2,1-2,4H3/b11-6+. The monoisotopic (exact) mass is 234 g/mol. The van der Waals surface area contributed by atoms with E-state index in [9.17, 15) is 0 Å². The van der Waals surface area contributed by atoms with Crippen LogP contribution in [0.25, 0.3) is 5.57 Å². The second kappa shape index (κ2) is 5.91. The van der Waals surface area contributed by atoms with Crippen LogP contribution in [-0.4, -0.2) is 0 Å². The molecule has 86 valence electrons. The van der Waals surface area contributed by atoms with Crippen molar-refractivity contribution in [1.82, 2.24) is 0 Å². The minimum Gasteiger partial charge on any atom is -0.0949 e. The minimum absolute atomic E-state index is 0.817. The Bertz CT molecular complexity index is 413. The van der Waals surface area contributed by atoms with Crippen molar-refractivity contribution in [2.45, 2.75) is 33.6 Å². The third-order valence-corrected chi connectivity index (χ3v) is 3.24. The van der Waals surface area contributed by atoms with E-state index in [1.165, 1.54) is 11.1 Å². The molecule has 0 N–H and O–H groups in total. The highest BCUT2D eigenvalue weighted by molar-refractivity contribution is 6.31. The van der Waals surface area contributed by atoms with E-state index >= 15 is 0 Å². The van der Waals surface area contributed by atoms with Gasteiger partial charge in [0.1, 0.15) is 0 Å². The first-order valence-electron chi connectivity index (χ1n) is 5.64. The number of hydrogen-bond acceptors (Lipinski definition) is 0. The smallest absolute Gasteiger partial charge is 0.0435 e. The number of halogens is 1. The Balaban J connectivity index is 2.77. The normalized spacial score (nSPS) is 11.6. The Morgan fingerprint density at radius 1 is 1.44 bits per heavy atom. The van der Waals surface area contributed by atoms with Crippen LogP contribution in [0.3, 0.4) is 0 Å². The van der Waals surface area contributed by atoms with Crippen LogP contribution in [-0.2, 0) is 0 Å². The van der Waals surface area contributed by atoms with Gasteiger partial charge in [0.15, 0.2) is 0 Å². The lowest BCUT2D eigenvalue weighted by Crippen LogP contribution is -1.85. The van der Waals surface area contributed by atoms with Crippen molar-refractivity contribution in [2.24, 2.45) is 0 Å². The van der Waals surface area contributed by atoms with Crippen LogP contribution < -0.4 is 0 Å². The number of allylic oxidation sites excluding steroid dienone is 3. The summed E-state index contributed by atoms with van der Waals surface area (Å²) >= 11 is 5.99. The minimum atomic E-state index is 0.817. The highest BCUT2D eigenvalue weighted by Crippen LogP contribution is 2.23. The van der Waals surface area contributed by atoms with Gasteiger partial charge in [-0.15, -0.1) is 0 Å².